The Morgan fingerprint density at radius 2 is 1.33 bits per heavy atom. The van der Waals surface area contributed by atoms with Gasteiger partial charge in [-0.25, -0.2) is 13.2 Å². The van der Waals surface area contributed by atoms with E-state index < -0.39 is 37.6 Å². The van der Waals surface area contributed by atoms with Crippen molar-refractivity contribution in [3.05, 3.63) is 12.4 Å². The Morgan fingerprint density at radius 1 is 0.933 bits per heavy atom. The maximum atomic E-state index is 10.8. The van der Waals surface area contributed by atoms with Crippen molar-refractivity contribution >= 4 is 0 Å². The second-order valence-corrected chi connectivity index (χ2v) is 2.04. The van der Waals surface area contributed by atoms with E-state index in [0.717, 1.165) is 0 Å². The van der Waals surface area contributed by atoms with Crippen LogP contribution in [-0.4, -0.2) is 18.8 Å². The summed E-state index contributed by atoms with van der Waals surface area (Å²) in [6.45, 7) is 0. The summed E-state index contributed by atoms with van der Waals surface area (Å²) in [5.74, 6) is 0. The highest BCUT2D eigenvalue weighted by molar-refractivity contribution is 4.80. The number of alkyl halides is 8. The Bertz CT molecular complexity index is 174. The van der Waals surface area contributed by atoms with Crippen LogP contribution in [0.1, 0.15) is 6.42 Å². The molecule has 0 aromatic rings. The predicted octanol–water partition coefficient (Wildman–Crippen LogP) is 4.24. The third kappa shape index (κ3) is 24.6. The topological polar surface area (TPSA) is 0 Å². The van der Waals surface area contributed by atoms with E-state index in [1.54, 1.807) is 0 Å². The molecule has 0 bridgehead atoms. The van der Waals surface area contributed by atoms with Gasteiger partial charge < -0.3 is 0 Å². The van der Waals surface area contributed by atoms with Crippen molar-refractivity contribution < 1.29 is 39.5 Å². The molecule has 0 radical (unpaired) electrons. The van der Waals surface area contributed by atoms with Gasteiger partial charge in [-0.1, -0.05) is 0 Å². The summed E-state index contributed by atoms with van der Waals surface area (Å²) in [5.41, 5.74) is 0. The average Bonchev–Trinajstić information content (AvgIpc) is 1.77. The smallest absolute Gasteiger partial charge is 0.216 e. The Morgan fingerprint density at radius 3 is 1.33 bits per heavy atom. The summed E-state index contributed by atoms with van der Waals surface area (Å²) in [5, 5.41) is 0. The zero-order valence-electron chi connectivity index (χ0n) is 6.84. The van der Waals surface area contributed by atoms with Gasteiger partial charge in [0.1, 0.15) is 6.42 Å². The third-order valence-electron chi connectivity index (χ3n) is 0.638. The lowest BCUT2D eigenvalue weighted by Gasteiger charge is -2.02. The monoisotopic (exact) mass is 248 g/mol. The lowest BCUT2D eigenvalue weighted by Crippen LogP contribution is -2.12. The van der Waals surface area contributed by atoms with Gasteiger partial charge in [-0.15, -0.1) is 0 Å². The van der Waals surface area contributed by atoms with Crippen LogP contribution in [0.25, 0.3) is 0 Å². The van der Waals surface area contributed by atoms with Crippen molar-refractivity contribution in [1.29, 1.82) is 0 Å². The standard InChI is InChI=1S/C3H3F5.C3H2F4/c4-2(5)1-3(6,7)8;4-2-1-3(5,6)7/h2H,1H2;1-2H/b;2-1-. The zero-order chi connectivity index (χ0) is 12.7. The predicted molar refractivity (Wildman–Crippen MR) is 33.0 cm³/mol. The van der Waals surface area contributed by atoms with E-state index in [0.29, 0.717) is 0 Å². The molecule has 0 fully saturated rings. The number of rotatable bonds is 1. The van der Waals surface area contributed by atoms with Gasteiger partial charge in [0.25, 0.3) is 0 Å². The molecule has 0 saturated carbocycles. The second kappa shape index (κ2) is 6.57. The lowest BCUT2D eigenvalue weighted by molar-refractivity contribution is -0.158. The van der Waals surface area contributed by atoms with E-state index in [2.05, 4.69) is 0 Å². The fourth-order valence-electron chi connectivity index (χ4n) is 0.246. The van der Waals surface area contributed by atoms with Crippen molar-refractivity contribution in [2.24, 2.45) is 0 Å². The first-order valence-corrected chi connectivity index (χ1v) is 3.17. The van der Waals surface area contributed by atoms with Crippen molar-refractivity contribution in [2.75, 3.05) is 0 Å². The molecule has 0 nitrogen and oxygen atoms in total. The maximum absolute atomic E-state index is 10.8. The van der Waals surface area contributed by atoms with Crippen LogP contribution >= 0.6 is 0 Å². The highest BCUT2D eigenvalue weighted by Crippen LogP contribution is 2.23. The first-order valence-electron chi connectivity index (χ1n) is 3.17. The molecule has 15 heavy (non-hydrogen) atoms. The lowest BCUT2D eigenvalue weighted by atomic mass is 10.4. The van der Waals surface area contributed by atoms with E-state index in [-0.39, 0.29) is 0 Å². The molecule has 0 aliphatic rings. The minimum absolute atomic E-state index is 0.479. The van der Waals surface area contributed by atoms with Gasteiger partial charge in [0.05, 0.1) is 6.33 Å². The molecule has 0 amide bonds. The summed E-state index contributed by atoms with van der Waals surface area (Å²) in [6, 6.07) is 0. The van der Waals surface area contributed by atoms with Crippen molar-refractivity contribution in [3.63, 3.8) is 0 Å². The van der Waals surface area contributed by atoms with Crippen LogP contribution in [0.3, 0.4) is 0 Å². The summed E-state index contributed by atoms with van der Waals surface area (Å²) < 4.78 is 96.9. The number of hydrogen-bond acceptors (Lipinski definition) is 0. The quantitative estimate of drug-likeness (QED) is 0.609. The summed E-state index contributed by atoms with van der Waals surface area (Å²) in [4.78, 5) is 0. The number of hydrogen-bond donors (Lipinski definition) is 0. The van der Waals surface area contributed by atoms with Gasteiger partial charge in [-0.05, 0) is 0 Å². The van der Waals surface area contributed by atoms with E-state index in [4.69, 9.17) is 0 Å². The normalized spacial score (nSPS) is 12.9. The van der Waals surface area contributed by atoms with E-state index in [1.807, 2.05) is 0 Å². The second-order valence-electron chi connectivity index (χ2n) is 2.04. The van der Waals surface area contributed by atoms with Gasteiger partial charge in [0.15, 0.2) is 0 Å². The molecule has 0 aromatic heterocycles. The molecular weight excluding hydrogens is 243 g/mol. The minimum Gasteiger partial charge on any atom is -0.216 e. The SMILES string of the molecule is F/C=C\C(F)(F)F.FC(F)CC(F)(F)F. The molecule has 0 atom stereocenters. The highest BCUT2D eigenvalue weighted by atomic mass is 19.4. The van der Waals surface area contributed by atoms with Crippen LogP contribution in [0.4, 0.5) is 39.5 Å². The first kappa shape index (κ1) is 16.5. The van der Waals surface area contributed by atoms with E-state index in [1.165, 1.54) is 0 Å². The van der Waals surface area contributed by atoms with Crippen molar-refractivity contribution in [2.45, 2.75) is 25.2 Å². The summed E-state index contributed by atoms with van der Waals surface area (Å²) >= 11 is 0. The molecule has 0 heterocycles. The van der Waals surface area contributed by atoms with Crippen LogP contribution in [0.5, 0.6) is 0 Å². The number of allylic oxidation sites excluding steroid dienone is 1. The van der Waals surface area contributed by atoms with Crippen LogP contribution in [0.15, 0.2) is 12.4 Å². The Hall–Kier alpha value is -0.890. The van der Waals surface area contributed by atoms with E-state index >= 15 is 0 Å². The van der Waals surface area contributed by atoms with Gasteiger partial charge >= 0.3 is 12.4 Å². The molecule has 0 aliphatic carbocycles. The molecule has 0 saturated heterocycles. The van der Waals surface area contributed by atoms with Crippen LogP contribution in [0.2, 0.25) is 0 Å². The molecular formula is C6H5F9. The van der Waals surface area contributed by atoms with Crippen LogP contribution in [0, 0.1) is 0 Å². The molecule has 0 unspecified atom stereocenters. The third-order valence-corrected chi connectivity index (χ3v) is 0.638. The summed E-state index contributed by atoms with van der Waals surface area (Å²) in [6.07, 6.45) is -15.5. The van der Waals surface area contributed by atoms with Crippen LogP contribution in [-0.2, 0) is 0 Å². The van der Waals surface area contributed by atoms with E-state index in [9.17, 15) is 39.5 Å². The minimum atomic E-state index is -4.73. The zero-order valence-corrected chi connectivity index (χ0v) is 6.84. The van der Waals surface area contributed by atoms with Gasteiger partial charge in [-0.2, -0.15) is 26.3 Å². The molecule has 0 N–H and O–H groups in total. The van der Waals surface area contributed by atoms with Crippen molar-refractivity contribution in [3.8, 4) is 0 Å². The molecule has 9 heteroatoms. The van der Waals surface area contributed by atoms with Crippen molar-refractivity contribution in [1.82, 2.24) is 0 Å². The fraction of sp³-hybridized carbons (Fsp3) is 0.667. The molecule has 0 aromatic carbocycles. The Labute approximate surface area is 78.4 Å². The average molecular weight is 248 g/mol. The van der Waals surface area contributed by atoms with Gasteiger partial charge in [-0.3, -0.25) is 0 Å². The Balaban J connectivity index is 0. The van der Waals surface area contributed by atoms with Gasteiger partial charge in [0.2, 0.25) is 6.43 Å². The van der Waals surface area contributed by atoms with Gasteiger partial charge in [0, 0.05) is 6.08 Å². The summed E-state index contributed by atoms with van der Waals surface area (Å²) in [7, 11) is 0. The largest absolute Gasteiger partial charge is 0.411 e. The molecule has 0 aliphatic heterocycles. The first-order chi connectivity index (χ1) is 6.48. The molecule has 0 spiro atoms. The molecule has 0 rings (SSSR count). The highest BCUT2D eigenvalue weighted by Gasteiger charge is 2.31. The molecule has 92 valence electrons. The number of halogens is 9. The fourth-order valence-corrected chi connectivity index (χ4v) is 0.246. The Kier molecular flexibility index (Phi) is 7.24. The van der Waals surface area contributed by atoms with Crippen LogP contribution < -0.4 is 0 Å². The maximum Gasteiger partial charge on any atom is 0.411 e.